The van der Waals surface area contributed by atoms with Crippen LogP contribution in [0.5, 0.6) is 5.88 Å². The molecular formula is C16H18N2O3. The molecule has 0 radical (unpaired) electrons. The van der Waals surface area contributed by atoms with Crippen LogP contribution in [0.25, 0.3) is 0 Å². The molecule has 0 spiro atoms. The zero-order valence-electron chi connectivity index (χ0n) is 11.9. The molecule has 0 saturated carbocycles. The second kappa shape index (κ2) is 7.40. The number of hydrogen-bond donors (Lipinski definition) is 2. The number of methoxy groups -OCH3 is 1. The van der Waals surface area contributed by atoms with Crippen molar-refractivity contribution in [3.8, 4) is 5.88 Å². The molecule has 1 aromatic heterocycles. The van der Waals surface area contributed by atoms with Gasteiger partial charge in [0.15, 0.2) is 0 Å². The molecular weight excluding hydrogens is 268 g/mol. The highest BCUT2D eigenvalue weighted by Gasteiger charge is 2.01. The SMILES string of the molecule is COc1cc(CNCc2ccc(CC(=O)O)cc2)ccn1. The third kappa shape index (κ3) is 4.89. The van der Waals surface area contributed by atoms with E-state index in [1.807, 2.05) is 36.4 Å². The minimum absolute atomic E-state index is 0.0600. The Kier molecular flexibility index (Phi) is 5.29. The van der Waals surface area contributed by atoms with Gasteiger partial charge in [-0.1, -0.05) is 24.3 Å². The Morgan fingerprint density at radius 2 is 1.81 bits per heavy atom. The van der Waals surface area contributed by atoms with Crippen LogP contribution in [0.3, 0.4) is 0 Å². The molecule has 0 fully saturated rings. The Morgan fingerprint density at radius 3 is 2.48 bits per heavy atom. The van der Waals surface area contributed by atoms with Crippen LogP contribution in [0, 0.1) is 0 Å². The average molecular weight is 286 g/mol. The number of pyridine rings is 1. The fraction of sp³-hybridized carbons (Fsp3) is 0.250. The molecule has 0 aliphatic carbocycles. The van der Waals surface area contributed by atoms with Crippen LogP contribution in [-0.4, -0.2) is 23.2 Å². The van der Waals surface area contributed by atoms with Crippen LogP contribution in [-0.2, 0) is 24.3 Å². The van der Waals surface area contributed by atoms with Gasteiger partial charge in [0.2, 0.25) is 5.88 Å². The monoisotopic (exact) mass is 286 g/mol. The molecule has 110 valence electrons. The van der Waals surface area contributed by atoms with E-state index in [9.17, 15) is 4.79 Å². The number of benzene rings is 1. The van der Waals surface area contributed by atoms with Crippen LogP contribution in [0.4, 0.5) is 0 Å². The lowest BCUT2D eigenvalue weighted by Gasteiger charge is -2.07. The van der Waals surface area contributed by atoms with E-state index in [4.69, 9.17) is 9.84 Å². The largest absolute Gasteiger partial charge is 0.481 e. The summed E-state index contributed by atoms with van der Waals surface area (Å²) in [7, 11) is 1.60. The molecule has 0 aliphatic heterocycles. The first-order chi connectivity index (χ1) is 10.2. The Labute approximate surface area is 123 Å². The van der Waals surface area contributed by atoms with E-state index in [-0.39, 0.29) is 6.42 Å². The van der Waals surface area contributed by atoms with Crippen molar-refractivity contribution in [2.45, 2.75) is 19.5 Å². The zero-order chi connectivity index (χ0) is 15.1. The number of ether oxygens (including phenoxy) is 1. The molecule has 0 bridgehead atoms. The molecule has 0 aliphatic rings. The summed E-state index contributed by atoms with van der Waals surface area (Å²) in [6, 6.07) is 11.4. The van der Waals surface area contributed by atoms with Gasteiger partial charge in [0.05, 0.1) is 13.5 Å². The molecule has 0 saturated heterocycles. The zero-order valence-corrected chi connectivity index (χ0v) is 11.9. The number of nitrogens with zero attached hydrogens (tertiary/aromatic N) is 1. The van der Waals surface area contributed by atoms with Gasteiger partial charge in [-0.2, -0.15) is 0 Å². The molecule has 0 unspecified atom stereocenters. The molecule has 21 heavy (non-hydrogen) atoms. The summed E-state index contributed by atoms with van der Waals surface area (Å²) in [6.07, 6.45) is 1.78. The van der Waals surface area contributed by atoms with Crippen LogP contribution in [0.15, 0.2) is 42.6 Å². The number of aliphatic carboxylic acids is 1. The van der Waals surface area contributed by atoms with Crippen molar-refractivity contribution in [2.24, 2.45) is 0 Å². The molecule has 1 heterocycles. The van der Waals surface area contributed by atoms with Gasteiger partial charge in [0, 0.05) is 25.4 Å². The molecule has 0 amide bonds. The van der Waals surface area contributed by atoms with Crippen molar-refractivity contribution in [3.05, 3.63) is 59.3 Å². The topological polar surface area (TPSA) is 71.5 Å². The molecule has 5 heteroatoms. The van der Waals surface area contributed by atoms with Crippen LogP contribution in [0.2, 0.25) is 0 Å². The van der Waals surface area contributed by atoms with E-state index < -0.39 is 5.97 Å². The Bertz CT molecular complexity index is 597. The number of rotatable bonds is 7. The maximum atomic E-state index is 10.6. The van der Waals surface area contributed by atoms with E-state index in [2.05, 4.69) is 10.3 Å². The fourth-order valence-electron chi connectivity index (χ4n) is 1.97. The predicted octanol–water partition coefficient (Wildman–Crippen LogP) is 2.01. The lowest BCUT2D eigenvalue weighted by atomic mass is 10.1. The van der Waals surface area contributed by atoms with E-state index in [0.29, 0.717) is 5.88 Å². The van der Waals surface area contributed by atoms with Crippen molar-refractivity contribution in [1.82, 2.24) is 10.3 Å². The van der Waals surface area contributed by atoms with Crippen molar-refractivity contribution < 1.29 is 14.6 Å². The highest BCUT2D eigenvalue weighted by molar-refractivity contribution is 5.70. The maximum Gasteiger partial charge on any atom is 0.307 e. The lowest BCUT2D eigenvalue weighted by molar-refractivity contribution is -0.136. The van der Waals surface area contributed by atoms with Crippen molar-refractivity contribution in [3.63, 3.8) is 0 Å². The molecule has 1 aromatic carbocycles. The summed E-state index contributed by atoms with van der Waals surface area (Å²) in [6.45, 7) is 1.44. The summed E-state index contributed by atoms with van der Waals surface area (Å²) in [5.74, 6) is -0.208. The smallest absolute Gasteiger partial charge is 0.307 e. The van der Waals surface area contributed by atoms with Gasteiger partial charge >= 0.3 is 5.97 Å². The number of carboxylic acids is 1. The number of carboxylic acid groups (broad SMARTS) is 1. The molecule has 2 N–H and O–H groups in total. The normalized spacial score (nSPS) is 10.3. The Hall–Kier alpha value is -2.40. The number of aromatic nitrogens is 1. The second-order valence-corrected chi connectivity index (χ2v) is 4.70. The Morgan fingerprint density at radius 1 is 1.14 bits per heavy atom. The minimum atomic E-state index is -0.812. The standard InChI is InChI=1S/C16H18N2O3/c1-21-15-8-14(6-7-18-15)11-17-10-13-4-2-12(3-5-13)9-16(19)20/h2-8,17H,9-11H2,1H3,(H,19,20). The van der Waals surface area contributed by atoms with Gasteiger partial charge in [-0.15, -0.1) is 0 Å². The van der Waals surface area contributed by atoms with Gasteiger partial charge < -0.3 is 15.2 Å². The third-order valence-electron chi connectivity index (χ3n) is 3.04. The van der Waals surface area contributed by atoms with Gasteiger partial charge in [0.25, 0.3) is 0 Å². The van der Waals surface area contributed by atoms with Crippen LogP contribution >= 0.6 is 0 Å². The summed E-state index contributed by atoms with van der Waals surface area (Å²) >= 11 is 0. The van der Waals surface area contributed by atoms with Gasteiger partial charge in [-0.25, -0.2) is 4.98 Å². The van der Waals surface area contributed by atoms with E-state index >= 15 is 0 Å². The van der Waals surface area contributed by atoms with Crippen LogP contribution < -0.4 is 10.1 Å². The average Bonchev–Trinajstić information content (AvgIpc) is 2.49. The maximum absolute atomic E-state index is 10.6. The highest BCUT2D eigenvalue weighted by atomic mass is 16.5. The second-order valence-electron chi connectivity index (χ2n) is 4.70. The Balaban J connectivity index is 1.84. The first-order valence-corrected chi connectivity index (χ1v) is 6.66. The van der Waals surface area contributed by atoms with Crippen LogP contribution in [0.1, 0.15) is 16.7 Å². The fourth-order valence-corrected chi connectivity index (χ4v) is 1.97. The lowest BCUT2D eigenvalue weighted by Crippen LogP contribution is -2.13. The number of hydrogen-bond acceptors (Lipinski definition) is 4. The predicted molar refractivity (Wildman–Crippen MR) is 79.1 cm³/mol. The first kappa shape index (κ1) is 15.0. The summed E-state index contributed by atoms with van der Waals surface area (Å²) in [4.78, 5) is 14.7. The van der Waals surface area contributed by atoms with Gasteiger partial charge in [0.1, 0.15) is 0 Å². The molecule has 0 atom stereocenters. The van der Waals surface area contributed by atoms with E-state index in [1.54, 1.807) is 13.3 Å². The van der Waals surface area contributed by atoms with Gasteiger partial charge in [-0.05, 0) is 22.8 Å². The molecule has 2 aromatic rings. The molecule has 5 nitrogen and oxygen atoms in total. The minimum Gasteiger partial charge on any atom is -0.481 e. The highest BCUT2D eigenvalue weighted by Crippen LogP contribution is 2.09. The van der Waals surface area contributed by atoms with E-state index in [1.165, 1.54) is 0 Å². The van der Waals surface area contributed by atoms with Crippen molar-refractivity contribution in [2.75, 3.05) is 7.11 Å². The number of carbonyl (C=O) groups is 1. The van der Waals surface area contributed by atoms with E-state index in [0.717, 1.165) is 29.8 Å². The van der Waals surface area contributed by atoms with Gasteiger partial charge in [-0.3, -0.25) is 4.79 Å². The summed E-state index contributed by atoms with van der Waals surface area (Å²) in [5.41, 5.74) is 3.03. The molecule has 2 rings (SSSR count). The summed E-state index contributed by atoms with van der Waals surface area (Å²) in [5, 5.41) is 12.0. The third-order valence-corrected chi connectivity index (χ3v) is 3.04. The number of nitrogens with one attached hydrogen (secondary N) is 1. The van der Waals surface area contributed by atoms with Crippen molar-refractivity contribution in [1.29, 1.82) is 0 Å². The first-order valence-electron chi connectivity index (χ1n) is 6.66. The quantitative estimate of drug-likeness (QED) is 0.814. The summed E-state index contributed by atoms with van der Waals surface area (Å²) < 4.78 is 5.08. The van der Waals surface area contributed by atoms with Crippen molar-refractivity contribution >= 4 is 5.97 Å².